The van der Waals surface area contributed by atoms with Gasteiger partial charge in [0.25, 0.3) is 5.91 Å². The zero-order valence-corrected chi connectivity index (χ0v) is 15.9. The van der Waals surface area contributed by atoms with Gasteiger partial charge in [-0.3, -0.25) is 4.79 Å². The first kappa shape index (κ1) is 17.0. The maximum atomic E-state index is 12.7. The first-order valence-electron chi connectivity index (χ1n) is 8.21. The molecule has 0 fully saturated rings. The van der Waals surface area contributed by atoms with E-state index in [-0.39, 0.29) is 16.7 Å². The highest BCUT2D eigenvalue weighted by Crippen LogP contribution is 2.42. The van der Waals surface area contributed by atoms with Gasteiger partial charge in [-0.15, -0.1) is 11.3 Å². The number of hydrogen-bond acceptors (Lipinski definition) is 4. The predicted octanol–water partition coefficient (Wildman–Crippen LogP) is 2.58. The van der Waals surface area contributed by atoms with Crippen molar-refractivity contribution >= 4 is 45.4 Å². The van der Waals surface area contributed by atoms with Crippen molar-refractivity contribution in [2.45, 2.75) is 26.1 Å². The van der Waals surface area contributed by atoms with Gasteiger partial charge in [0.2, 0.25) is 0 Å². The molecule has 0 saturated heterocycles. The average molecular weight is 399 g/mol. The Bertz CT molecular complexity index is 868. The molecule has 1 amide bonds. The van der Waals surface area contributed by atoms with E-state index in [0.29, 0.717) is 10.6 Å². The number of rotatable bonds is 2. The van der Waals surface area contributed by atoms with Crippen LogP contribution in [0.5, 0.6) is 5.75 Å². The van der Waals surface area contributed by atoms with Crippen LogP contribution in [0.3, 0.4) is 0 Å². The quantitative estimate of drug-likeness (QED) is 0.628. The Kier molecular flexibility index (Phi) is 4.32. The number of carbonyl (C=O) groups is 1. The van der Waals surface area contributed by atoms with E-state index >= 15 is 0 Å². The Morgan fingerprint density at radius 2 is 2.16 bits per heavy atom. The fourth-order valence-electron chi connectivity index (χ4n) is 3.51. The number of quaternary nitrogens is 1. The number of likely N-dealkylation sites (N-methyl/N-ethyl adjacent to an activating group) is 1. The fraction of sp³-hybridized carbons (Fsp3) is 0.353. The Morgan fingerprint density at radius 3 is 2.92 bits per heavy atom. The maximum Gasteiger partial charge on any atom is 0.256 e. The summed E-state index contributed by atoms with van der Waals surface area (Å²) < 4.78 is 0. The largest absolute Gasteiger partial charge is 0.506 e. The molecule has 4 N–H and O–H groups in total. The molecule has 25 heavy (non-hydrogen) atoms. The number of carbonyl (C=O) groups excluding carboxylic acids is 1. The van der Waals surface area contributed by atoms with Crippen molar-refractivity contribution in [3.8, 4) is 5.75 Å². The third kappa shape index (κ3) is 2.87. The van der Waals surface area contributed by atoms with Crippen LogP contribution < -0.4 is 15.5 Å². The molecule has 3 heterocycles. The number of fused-ring (bicyclic) bond motifs is 3. The molecule has 0 bridgehead atoms. The van der Waals surface area contributed by atoms with E-state index in [1.807, 2.05) is 0 Å². The van der Waals surface area contributed by atoms with E-state index in [0.717, 1.165) is 42.2 Å². The third-order valence-electron chi connectivity index (χ3n) is 4.88. The number of halogens is 2. The lowest BCUT2D eigenvalue weighted by molar-refractivity contribution is -0.913. The fourth-order valence-corrected chi connectivity index (χ4v) is 5.37. The van der Waals surface area contributed by atoms with Crippen LogP contribution in [0.1, 0.15) is 39.5 Å². The van der Waals surface area contributed by atoms with Gasteiger partial charge in [-0.05, 0) is 24.6 Å². The van der Waals surface area contributed by atoms with Gasteiger partial charge in [0.15, 0.2) is 0 Å². The number of amides is 1. The van der Waals surface area contributed by atoms with Crippen LogP contribution in [-0.4, -0.2) is 24.1 Å². The molecular weight excluding hydrogens is 381 g/mol. The normalized spacial score (nSPS) is 22.0. The van der Waals surface area contributed by atoms with Gasteiger partial charge >= 0.3 is 0 Å². The molecule has 132 valence electrons. The van der Waals surface area contributed by atoms with Crippen LogP contribution in [0.4, 0.5) is 5.00 Å². The Balaban J connectivity index is 1.71. The van der Waals surface area contributed by atoms with E-state index in [4.69, 9.17) is 23.2 Å². The lowest BCUT2D eigenvalue weighted by atomic mass is 10.00. The Morgan fingerprint density at radius 1 is 1.36 bits per heavy atom. The third-order valence-corrected chi connectivity index (χ3v) is 6.55. The highest BCUT2D eigenvalue weighted by molar-refractivity contribution is 7.16. The molecular formula is C17H18Cl2N3O2S+. The number of benzene rings is 1. The topological polar surface area (TPSA) is 65.8 Å². The van der Waals surface area contributed by atoms with Crippen molar-refractivity contribution in [3.05, 3.63) is 43.7 Å². The molecule has 5 nitrogen and oxygen atoms in total. The van der Waals surface area contributed by atoms with Crippen LogP contribution >= 0.6 is 34.5 Å². The molecule has 2 atom stereocenters. The average Bonchev–Trinajstić information content (AvgIpc) is 2.95. The molecule has 0 aliphatic carbocycles. The van der Waals surface area contributed by atoms with Crippen LogP contribution in [-0.2, 0) is 13.0 Å². The monoisotopic (exact) mass is 398 g/mol. The summed E-state index contributed by atoms with van der Waals surface area (Å²) in [7, 11) is 0. The lowest BCUT2D eigenvalue weighted by Gasteiger charge is -2.28. The maximum absolute atomic E-state index is 12.7. The zero-order chi connectivity index (χ0) is 17.7. The van der Waals surface area contributed by atoms with Crippen molar-refractivity contribution in [2.75, 3.05) is 18.4 Å². The minimum Gasteiger partial charge on any atom is -0.506 e. The molecule has 8 heteroatoms. The number of phenolic OH excluding ortho intramolecular Hbond substituents is 1. The Hall–Kier alpha value is -1.47. The van der Waals surface area contributed by atoms with Crippen molar-refractivity contribution < 1.29 is 14.8 Å². The first-order valence-corrected chi connectivity index (χ1v) is 9.78. The van der Waals surface area contributed by atoms with Crippen LogP contribution in [0.2, 0.25) is 10.0 Å². The summed E-state index contributed by atoms with van der Waals surface area (Å²) >= 11 is 13.7. The number of phenols is 1. The second-order valence-electron chi connectivity index (χ2n) is 6.36. The number of aromatic hydroxyl groups is 1. The zero-order valence-electron chi connectivity index (χ0n) is 13.6. The first-order chi connectivity index (χ1) is 12.0. The van der Waals surface area contributed by atoms with Crippen molar-refractivity contribution in [3.63, 3.8) is 0 Å². The van der Waals surface area contributed by atoms with Crippen LogP contribution in [0, 0.1) is 0 Å². The van der Waals surface area contributed by atoms with Gasteiger partial charge in [0.05, 0.1) is 28.6 Å². The second kappa shape index (κ2) is 6.36. The number of anilines is 1. The van der Waals surface area contributed by atoms with Crippen LogP contribution in [0.15, 0.2) is 12.1 Å². The smallest absolute Gasteiger partial charge is 0.256 e. The molecule has 0 spiro atoms. The molecule has 2 aliphatic heterocycles. The van der Waals surface area contributed by atoms with Gasteiger partial charge in [-0.25, -0.2) is 0 Å². The second-order valence-corrected chi connectivity index (χ2v) is 8.31. The number of nitrogens with one attached hydrogen (secondary N) is 3. The minimum atomic E-state index is -0.564. The molecule has 1 aromatic heterocycles. The number of hydrogen-bond donors (Lipinski definition) is 4. The van der Waals surface area contributed by atoms with E-state index in [9.17, 15) is 9.90 Å². The Labute approximate surface area is 159 Å². The standard InChI is InChI=1S/C17H17Cl2N3O2S/c1-2-22-4-3-9-12(7-22)25-17-13(9)16(24)20-15(21-17)10-5-8(18)6-11(19)14(10)23/h5-6,15,21,23H,2-4,7H2,1H3,(H,20,24)/p+1/t15-/m0/s1. The number of thiophene rings is 1. The SMILES string of the molecule is CC[NH+]1CCc2c(sc3c2C(=O)N[C@H](c2cc(Cl)cc(Cl)c2O)N3)C1. The van der Waals surface area contributed by atoms with Gasteiger partial charge < -0.3 is 20.6 Å². The van der Waals surface area contributed by atoms with Crippen molar-refractivity contribution in [1.82, 2.24) is 5.32 Å². The van der Waals surface area contributed by atoms with Gasteiger partial charge in [0.1, 0.15) is 23.5 Å². The molecule has 1 unspecified atom stereocenters. The van der Waals surface area contributed by atoms with E-state index in [1.165, 1.54) is 15.8 Å². The highest BCUT2D eigenvalue weighted by Gasteiger charge is 2.35. The summed E-state index contributed by atoms with van der Waals surface area (Å²) in [5.74, 6) is -0.193. The molecule has 2 aliphatic rings. The van der Waals surface area contributed by atoms with E-state index in [1.54, 1.807) is 17.4 Å². The van der Waals surface area contributed by atoms with Crippen molar-refractivity contribution in [2.24, 2.45) is 0 Å². The van der Waals surface area contributed by atoms with Gasteiger partial charge in [-0.2, -0.15) is 0 Å². The van der Waals surface area contributed by atoms with E-state index < -0.39 is 6.17 Å². The van der Waals surface area contributed by atoms with Crippen LogP contribution in [0.25, 0.3) is 0 Å². The van der Waals surface area contributed by atoms with E-state index in [2.05, 4.69) is 17.6 Å². The highest BCUT2D eigenvalue weighted by atomic mass is 35.5. The lowest BCUT2D eigenvalue weighted by Crippen LogP contribution is -3.11. The minimum absolute atomic E-state index is 0.0739. The molecule has 0 radical (unpaired) electrons. The van der Waals surface area contributed by atoms with Gasteiger partial charge in [-0.1, -0.05) is 23.2 Å². The summed E-state index contributed by atoms with van der Waals surface area (Å²) in [4.78, 5) is 15.5. The predicted molar refractivity (Wildman–Crippen MR) is 100 cm³/mol. The molecule has 1 aromatic carbocycles. The van der Waals surface area contributed by atoms with Crippen molar-refractivity contribution in [1.29, 1.82) is 0 Å². The summed E-state index contributed by atoms with van der Waals surface area (Å²) in [6, 6.07) is 3.09. The van der Waals surface area contributed by atoms with Gasteiger partial charge in [0, 0.05) is 17.0 Å². The summed E-state index contributed by atoms with van der Waals surface area (Å²) in [5.41, 5.74) is 2.37. The molecule has 0 saturated carbocycles. The summed E-state index contributed by atoms with van der Waals surface area (Å²) in [6.45, 7) is 5.27. The molecule has 4 rings (SSSR count). The summed E-state index contributed by atoms with van der Waals surface area (Å²) in [5, 5.41) is 17.9. The summed E-state index contributed by atoms with van der Waals surface area (Å²) in [6.07, 6.45) is 0.351. The molecule has 2 aromatic rings.